The number of rotatable bonds is 6. The zero-order chi connectivity index (χ0) is 23.9. The number of carboxylic acid groups (broad SMARTS) is 1. The molecule has 0 saturated heterocycles. The lowest BCUT2D eigenvalue weighted by molar-refractivity contribution is -0.140. The van der Waals surface area contributed by atoms with Gasteiger partial charge in [-0.15, -0.1) is 0 Å². The zero-order valence-electron chi connectivity index (χ0n) is 19.7. The number of furan rings is 1. The van der Waals surface area contributed by atoms with Crippen molar-refractivity contribution in [2.45, 2.75) is 72.6 Å². The zero-order valence-corrected chi connectivity index (χ0v) is 19.7. The molecule has 7 nitrogen and oxygen atoms in total. The Labute approximate surface area is 192 Å². The number of fused-ring (bicyclic) bond motifs is 2. The van der Waals surface area contributed by atoms with Gasteiger partial charge in [0.05, 0.1) is 18.4 Å². The Balaban J connectivity index is 1.62. The first-order valence-corrected chi connectivity index (χ1v) is 11.6. The average Bonchev–Trinajstić information content (AvgIpc) is 3.05. The summed E-state index contributed by atoms with van der Waals surface area (Å²) in [4.78, 5) is 37.0. The van der Waals surface area contributed by atoms with Crippen LogP contribution in [-0.4, -0.2) is 23.5 Å². The fourth-order valence-electron chi connectivity index (χ4n) is 5.24. The minimum atomic E-state index is -0.844. The maximum Gasteiger partial charge on any atom is 0.340 e. The van der Waals surface area contributed by atoms with Crippen molar-refractivity contribution in [3.05, 3.63) is 44.5 Å². The summed E-state index contributed by atoms with van der Waals surface area (Å²) in [7, 11) is 0. The van der Waals surface area contributed by atoms with E-state index in [9.17, 15) is 19.5 Å². The Morgan fingerprint density at radius 2 is 1.61 bits per heavy atom. The van der Waals surface area contributed by atoms with Crippen LogP contribution in [0.5, 0.6) is 0 Å². The van der Waals surface area contributed by atoms with Crippen molar-refractivity contribution in [2.75, 3.05) is 6.54 Å². The van der Waals surface area contributed by atoms with Gasteiger partial charge in [0.15, 0.2) is 0 Å². The average molecular weight is 454 g/mol. The number of aryl methyl sites for hydroxylation is 4. The lowest BCUT2D eigenvalue weighted by atomic mass is 9.71. The van der Waals surface area contributed by atoms with Gasteiger partial charge in [-0.2, -0.15) is 0 Å². The predicted molar refractivity (Wildman–Crippen MR) is 126 cm³/mol. The minimum absolute atomic E-state index is 0.0448. The van der Waals surface area contributed by atoms with Gasteiger partial charge in [-0.05, 0) is 63.1 Å². The molecule has 2 N–H and O–H groups in total. The quantitative estimate of drug-likeness (QED) is 0.516. The molecule has 0 radical (unpaired) electrons. The van der Waals surface area contributed by atoms with E-state index < -0.39 is 17.0 Å². The van der Waals surface area contributed by atoms with Gasteiger partial charge in [-0.25, -0.2) is 4.79 Å². The highest BCUT2D eigenvalue weighted by Crippen LogP contribution is 2.39. The number of carbonyl (C=O) groups excluding carboxylic acids is 1. The van der Waals surface area contributed by atoms with E-state index in [1.54, 1.807) is 0 Å². The van der Waals surface area contributed by atoms with Crippen LogP contribution in [0, 0.1) is 33.1 Å². The molecule has 2 aromatic heterocycles. The minimum Gasteiger partial charge on any atom is -0.481 e. The van der Waals surface area contributed by atoms with Gasteiger partial charge in [0, 0.05) is 22.9 Å². The number of hydrogen-bond donors (Lipinski definition) is 2. The highest BCUT2D eigenvalue weighted by atomic mass is 16.4. The predicted octanol–water partition coefficient (Wildman–Crippen LogP) is 4.86. The molecule has 7 heteroatoms. The van der Waals surface area contributed by atoms with E-state index in [2.05, 4.69) is 5.32 Å². The molecule has 1 aliphatic rings. The maximum absolute atomic E-state index is 12.8. The molecule has 4 rings (SSSR count). The Morgan fingerprint density at radius 1 is 0.970 bits per heavy atom. The van der Waals surface area contributed by atoms with Crippen molar-refractivity contribution in [1.29, 1.82) is 0 Å². The monoisotopic (exact) mass is 453 g/mol. The molecule has 1 saturated carbocycles. The molecule has 1 aromatic carbocycles. The van der Waals surface area contributed by atoms with Gasteiger partial charge in [0.2, 0.25) is 5.91 Å². The summed E-state index contributed by atoms with van der Waals surface area (Å²) in [5.74, 6) is -0.321. The van der Waals surface area contributed by atoms with Crippen LogP contribution in [0.3, 0.4) is 0 Å². The van der Waals surface area contributed by atoms with E-state index in [4.69, 9.17) is 8.83 Å². The Morgan fingerprint density at radius 3 is 2.27 bits per heavy atom. The number of carboxylic acids is 1. The second kappa shape index (κ2) is 8.69. The van der Waals surface area contributed by atoms with Gasteiger partial charge in [-0.3, -0.25) is 9.59 Å². The fraction of sp³-hybridized carbons (Fsp3) is 0.500. The van der Waals surface area contributed by atoms with Crippen LogP contribution in [0.25, 0.3) is 21.9 Å². The first-order chi connectivity index (χ1) is 15.6. The van der Waals surface area contributed by atoms with E-state index in [1.165, 1.54) is 0 Å². The SMILES string of the molecule is Cc1oc2c(C)c3oc(=O)c(CC(=O)NCC4(CC(=O)O)CCCCC4)c(C)c3cc2c1C. The van der Waals surface area contributed by atoms with Crippen LogP contribution >= 0.6 is 0 Å². The van der Waals surface area contributed by atoms with Crippen molar-refractivity contribution in [2.24, 2.45) is 5.41 Å². The number of carbonyl (C=O) groups is 2. The maximum atomic E-state index is 12.8. The van der Waals surface area contributed by atoms with Crippen LogP contribution in [0.4, 0.5) is 0 Å². The summed E-state index contributed by atoms with van der Waals surface area (Å²) in [6.45, 7) is 7.91. The van der Waals surface area contributed by atoms with E-state index >= 15 is 0 Å². The van der Waals surface area contributed by atoms with E-state index in [0.29, 0.717) is 23.3 Å². The number of benzene rings is 1. The van der Waals surface area contributed by atoms with Crippen LogP contribution < -0.4 is 10.9 Å². The van der Waals surface area contributed by atoms with Crippen molar-refractivity contribution in [3.8, 4) is 0 Å². The van der Waals surface area contributed by atoms with Gasteiger partial charge < -0.3 is 19.3 Å². The molecule has 0 unspecified atom stereocenters. The van der Waals surface area contributed by atoms with E-state index in [1.807, 2.05) is 33.8 Å². The molecule has 3 aromatic rings. The Hall–Kier alpha value is -3.09. The molecule has 33 heavy (non-hydrogen) atoms. The Kier molecular flexibility index (Phi) is 6.08. The van der Waals surface area contributed by atoms with Crippen LogP contribution in [0.2, 0.25) is 0 Å². The molecule has 1 aliphatic carbocycles. The molecule has 0 atom stereocenters. The molecule has 1 amide bonds. The largest absolute Gasteiger partial charge is 0.481 e. The van der Waals surface area contributed by atoms with Crippen LogP contribution in [0.15, 0.2) is 19.7 Å². The first-order valence-electron chi connectivity index (χ1n) is 11.6. The number of hydrogen-bond acceptors (Lipinski definition) is 5. The van der Waals surface area contributed by atoms with Crippen molar-refractivity contribution < 1.29 is 23.5 Å². The summed E-state index contributed by atoms with van der Waals surface area (Å²) >= 11 is 0. The topological polar surface area (TPSA) is 110 Å². The Bertz CT molecular complexity index is 1310. The van der Waals surface area contributed by atoms with Gasteiger partial charge in [0.25, 0.3) is 0 Å². The lowest BCUT2D eigenvalue weighted by Gasteiger charge is -2.36. The third-order valence-corrected chi connectivity index (χ3v) is 7.38. The van der Waals surface area contributed by atoms with Crippen molar-refractivity contribution >= 4 is 33.8 Å². The third-order valence-electron chi connectivity index (χ3n) is 7.38. The van der Waals surface area contributed by atoms with Crippen molar-refractivity contribution in [3.63, 3.8) is 0 Å². The normalized spacial score (nSPS) is 15.8. The van der Waals surface area contributed by atoms with Gasteiger partial charge in [-0.1, -0.05) is 19.3 Å². The number of aliphatic carboxylic acids is 1. The highest BCUT2D eigenvalue weighted by Gasteiger charge is 2.34. The van der Waals surface area contributed by atoms with Crippen LogP contribution in [-0.2, 0) is 16.0 Å². The highest BCUT2D eigenvalue weighted by molar-refractivity contribution is 6.00. The molecular formula is C26H31NO6. The summed E-state index contributed by atoms with van der Waals surface area (Å²) in [5.41, 5.74) is 3.09. The molecule has 0 spiro atoms. The van der Waals surface area contributed by atoms with Crippen molar-refractivity contribution in [1.82, 2.24) is 5.32 Å². The summed E-state index contributed by atoms with van der Waals surface area (Å²) in [5, 5.41) is 14.0. The molecule has 1 fully saturated rings. The third kappa shape index (κ3) is 4.28. The van der Waals surface area contributed by atoms with Gasteiger partial charge >= 0.3 is 11.6 Å². The van der Waals surface area contributed by atoms with E-state index in [0.717, 1.165) is 65.3 Å². The smallest absolute Gasteiger partial charge is 0.340 e. The second-order valence-electron chi connectivity index (χ2n) is 9.62. The molecule has 0 aliphatic heterocycles. The first kappa shape index (κ1) is 23.1. The van der Waals surface area contributed by atoms with E-state index in [-0.39, 0.29) is 18.7 Å². The van der Waals surface area contributed by atoms with Gasteiger partial charge in [0.1, 0.15) is 16.9 Å². The molecule has 2 heterocycles. The second-order valence-corrected chi connectivity index (χ2v) is 9.62. The summed E-state index contributed by atoms with van der Waals surface area (Å²) in [6.07, 6.45) is 4.55. The number of amides is 1. The summed E-state index contributed by atoms with van der Waals surface area (Å²) < 4.78 is 11.5. The molecular weight excluding hydrogens is 422 g/mol. The lowest BCUT2D eigenvalue weighted by Crippen LogP contribution is -2.41. The van der Waals surface area contributed by atoms with Crippen LogP contribution in [0.1, 0.15) is 66.5 Å². The molecule has 0 bridgehead atoms. The number of nitrogens with one attached hydrogen (secondary N) is 1. The standard InChI is InChI=1S/C26H31NO6/c1-14-17(4)32-23-16(3)24-19(10-18(14)23)15(2)20(25(31)33-24)11-21(28)27-13-26(12-22(29)30)8-6-5-7-9-26/h10H,5-9,11-13H2,1-4H3,(H,27,28)(H,29,30). The molecule has 176 valence electrons. The fourth-order valence-corrected chi connectivity index (χ4v) is 5.24. The summed E-state index contributed by atoms with van der Waals surface area (Å²) in [6, 6.07) is 1.97.